The first-order valence-electron chi connectivity index (χ1n) is 9.45. The molecule has 0 unspecified atom stereocenters. The van der Waals surface area contributed by atoms with Crippen LogP contribution in [-0.2, 0) is 9.53 Å². The van der Waals surface area contributed by atoms with Gasteiger partial charge in [0.15, 0.2) is 23.9 Å². The van der Waals surface area contributed by atoms with Crippen molar-refractivity contribution in [3.8, 4) is 11.5 Å². The summed E-state index contributed by atoms with van der Waals surface area (Å²) in [4.78, 5) is 38.2. The number of amides is 1. The molecule has 4 rings (SSSR count). The minimum absolute atomic E-state index is 0.0263. The molecule has 7 nitrogen and oxygen atoms in total. The number of benzene rings is 1. The van der Waals surface area contributed by atoms with E-state index in [1.807, 2.05) is 6.92 Å². The van der Waals surface area contributed by atoms with Crippen LogP contribution in [0.5, 0.6) is 11.5 Å². The molecule has 1 N–H and O–H groups in total. The van der Waals surface area contributed by atoms with Crippen LogP contribution in [0.3, 0.4) is 0 Å². The average molecular weight is 415 g/mol. The zero-order chi connectivity index (χ0) is 20.5. The highest BCUT2D eigenvalue weighted by molar-refractivity contribution is 7.16. The van der Waals surface area contributed by atoms with Crippen LogP contribution in [0, 0.1) is 19.8 Å². The number of fused-ring (bicyclic) bond motifs is 1. The second-order valence-corrected chi connectivity index (χ2v) is 8.33. The number of aryl methyl sites for hydroxylation is 1. The van der Waals surface area contributed by atoms with Gasteiger partial charge in [-0.05, 0) is 50.5 Å². The fourth-order valence-corrected chi connectivity index (χ4v) is 4.08. The largest absolute Gasteiger partial charge is 0.486 e. The summed E-state index contributed by atoms with van der Waals surface area (Å²) in [6.45, 7) is 4.17. The van der Waals surface area contributed by atoms with Gasteiger partial charge in [-0.2, -0.15) is 0 Å². The number of ether oxygens (including phenoxy) is 3. The van der Waals surface area contributed by atoms with Crippen molar-refractivity contribution in [1.82, 2.24) is 0 Å². The van der Waals surface area contributed by atoms with Crippen molar-refractivity contribution in [3.63, 3.8) is 0 Å². The Hall–Kier alpha value is -2.87. The van der Waals surface area contributed by atoms with Crippen molar-refractivity contribution < 1.29 is 28.6 Å². The van der Waals surface area contributed by atoms with Crippen LogP contribution < -0.4 is 14.8 Å². The van der Waals surface area contributed by atoms with Crippen LogP contribution >= 0.6 is 11.3 Å². The van der Waals surface area contributed by atoms with Gasteiger partial charge >= 0.3 is 5.97 Å². The van der Waals surface area contributed by atoms with Crippen molar-refractivity contribution >= 4 is 34.0 Å². The summed E-state index contributed by atoms with van der Waals surface area (Å²) >= 11 is 1.34. The smallest absolute Gasteiger partial charge is 0.341 e. The minimum atomic E-state index is -0.621. The predicted octanol–water partition coefficient (Wildman–Crippen LogP) is 3.52. The lowest BCUT2D eigenvalue weighted by Crippen LogP contribution is -2.19. The molecular formula is C21H21NO6S. The van der Waals surface area contributed by atoms with Gasteiger partial charge in [-0.25, -0.2) is 4.79 Å². The lowest BCUT2D eigenvalue weighted by Gasteiger charge is -2.18. The fraction of sp³-hybridized carbons (Fsp3) is 0.381. The molecule has 1 aromatic heterocycles. The highest BCUT2D eigenvalue weighted by Crippen LogP contribution is 2.36. The Morgan fingerprint density at radius 2 is 1.86 bits per heavy atom. The van der Waals surface area contributed by atoms with Crippen molar-refractivity contribution in [2.24, 2.45) is 5.92 Å². The van der Waals surface area contributed by atoms with E-state index < -0.39 is 12.6 Å². The fourth-order valence-electron chi connectivity index (χ4n) is 3.02. The average Bonchev–Trinajstić information content (AvgIpc) is 3.53. The Morgan fingerprint density at radius 3 is 2.59 bits per heavy atom. The molecular weight excluding hydrogens is 394 g/mol. The summed E-state index contributed by atoms with van der Waals surface area (Å²) in [6, 6.07) is 4.87. The van der Waals surface area contributed by atoms with Gasteiger partial charge < -0.3 is 19.5 Å². The van der Waals surface area contributed by atoms with E-state index in [0.29, 0.717) is 40.8 Å². The number of rotatable bonds is 6. The number of anilines is 1. The van der Waals surface area contributed by atoms with Gasteiger partial charge in [0.25, 0.3) is 0 Å². The van der Waals surface area contributed by atoms with Gasteiger partial charge in [0, 0.05) is 16.4 Å². The molecule has 29 heavy (non-hydrogen) atoms. The molecule has 2 aliphatic rings. The van der Waals surface area contributed by atoms with Crippen molar-refractivity contribution in [3.05, 3.63) is 39.8 Å². The quantitative estimate of drug-likeness (QED) is 0.573. The first-order chi connectivity index (χ1) is 13.9. The SMILES string of the molecule is Cc1sc(NC(=O)C2CC2)c(C(=O)OCC(=O)c2ccc3c(c2)OCCO3)c1C. The number of carbonyl (C=O) groups excluding carboxylic acids is 3. The molecule has 0 spiro atoms. The van der Waals surface area contributed by atoms with Gasteiger partial charge in [0.2, 0.25) is 5.91 Å². The molecule has 1 saturated carbocycles. The number of esters is 1. The van der Waals surface area contributed by atoms with Crippen LogP contribution in [0.4, 0.5) is 5.00 Å². The summed E-state index contributed by atoms with van der Waals surface area (Å²) in [5, 5.41) is 3.31. The monoisotopic (exact) mass is 415 g/mol. The van der Waals surface area contributed by atoms with Gasteiger partial charge in [-0.15, -0.1) is 11.3 Å². The molecule has 1 fully saturated rings. The molecule has 1 aromatic carbocycles. The Labute approximate surface area is 172 Å². The number of hydrogen-bond donors (Lipinski definition) is 1. The van der Waals surface area contributed by atoms with Crippen LogP contribution in [0.25, 0.3) is 0 Å². The molecule has 8 heteroatoms. The van der Waals surface area contributed by atoms with E-state index in [9.17, 15) is 14.4 Å². The maximum Gasteiger partial charge on any atom is 0.341 e. The summed E-state index contributed by atoms with van der Waals surface area (Å²) in [7, 11) is 0. The lowest BCUT2D eigenvalue weighted by atomic mass is 10.1. The summed E-state index contributed by atoms with van der Waals surface area (Å²) in [6.07, 6.45) is 1.75. The maximum atomic E-state index is 12.7. The molecule has 1 aliphatic carbocycles. The van der Waals surface area contributed by atoms with E-state index in [4.69, 9.17) is 14.2 Å². The van der Waals surface area contributed by atoms with Crippen molar-refractivity contribution in [2.75, 3.05) is 25.1 Å². The first-order valence-corrected chi connectivity index (χ1v) is 10.3. The van der Waals surface area contributed by atoms with Crippen LogP contribution in [0.15, 0.2) is 18.2 Å². The summed E-state index contributed by atoms with van der Waals surface area (Å²) in [5.74, 6) is 0.0753. The van der Waals surface area contributed by atoms with Crippen molar-refractivity contribution in [2.45, 2.75) is 26.7 Å². The number of thiophene rings is 1. The maximum absolute atomic E-state index is 12.7. The third-order valence-electron chi connectivity index (χ3n) is 4.97. The molecule has 2 heterocycles. The van der Waals surface area contributed by atoms with E-state index in [-0.39, 0.29) is 17.6 Å². The zero-order valence-electron chi connectivity index (χ0n) is 16.2. The predicted molar refractivity (Wildman–Crippen MR) is 107 cm³/mol. The molecule has 152 valence electrons. The molecule has 0 bridgehead atoms. The number of nitrogens with one attached hydrogen (secondary N) is 1. The normalized spacial score (nSPS) is 15.0. The third kappa shape index (κ3) is 4.12. The Kier molecular flexibility index (Phi) is 5.27. The summed E-state index contributed by atoms with van der Waals surface area (Å²) < 4.78 is 16.2. The van der Waals surface area contributed by atoms with E-state index in [2.05, 4.69) is 5.32 Å². The molecule has 1 aliphatic heterocycles. The van der Waals surface area contributed by atoms with Gasteiger partial charge in [0.05, 0.1) is 5.56 Å². The molecule has 0 atom stereocenters. The zero-order valence-corrected chi connectivity index (χ0v) is 17.0. The molecule has 0 saturated heterocycles. The number of Topliss-reactive ketones (excluding diaryl/α,β-unsaturated/α-hetero) is 1. The molecule has 1 amide bonds. The second-order valence-electron chi connectivity index (χ2n) is 7.11. The molecule has 0 radical (unpaired) electrons. The standard InChI is InChI=1S/C21H21NO6S/c1-11-12(2)29-20(22-19(24)13-3-4-13)18(11)21(25)28-10-15(23)14-5-6-16-17(9-14)27-8-7-26-16/h5-6,9,13H,3-4,7-8,10H2,1-2H3,(H,22,24). The van der Waals surface area contributed by atoms with E-state index in [1.165, 1.54) is 11.3 Å². The Morgan fingerprint density at radius 1 is 1.14 bits per heavy atom. The second kappa shape index (κ2) is 7.87. The van der Waals surface area contributed by atoms with Crippen LogP contribution in [0.1, 0.15) is 44.0 Å². The lowest BCUT2D eigenvalue weighted by molar-refractivity contribution is -0.117. The van der Waals surface area contributed by atoms with Crippen LogP contribution in [-0.4, -0.2) is 37.5 Å². The minimum Gasteiger partial charge on any atom is -0.486 e. The summed E-state index contributed by atoms with van der Waals surface area (Å²) in [5.41, 5.74) is 1.44. The van der Waals surface area contributed by atoms with Gasteiger partial charge in [-0.3, -0.25) is 9.59 Å². The van der Waals surface area contributed by atoms with Crippen molar-refractivity contribution in [1.29, 1.82) is 0 Å². The number of ketones is 1. The van der Waals surface area contributed by atoms with E-state index >= 15 is 0 Å². The number of hydrogen-bond acceptors (Lipinski definition) is 7. The highest BCUT2D eigenvalue weighted by Gasteiger charge is 2.32. The first kappa shape index (κ1) is 19.4. The van der Waals surface area contributed by atoms with E-state index in [1.54, 1.807) is 25.1 Å². The topological polar surface area (TPSA) is 90.9 Å². The molecule has 2 aromatic rings. The van der Waals surface area contributed by atoms with Gasteiger partial charge in [-0.1, -0.05) is 0 Å². The number of carbonyl (C=O) groups is 3. The van der Waals surface area contributed by atoms with Crippen LogP contribution in [0.2, 0.25) is 0 Å². The van der Waals surface area contributed by atoms with Gasteiger partial charge in [0.1, 0.15) is 18.2 Å². The Balaban J connectivity index is 1.44. The third-order valence-corrected chi connectivity index (χ3v) is 6.10. The highest BCUT2D eigenvalue weighted by atomic mass is 32.1. The van der Waals surface area contributed by atoms with E-state index in [0.717, 1.165) is 23.3 Å². The Bertz CT molecular complexity index is 991.